The number of benzene rings is 8. The lowest BCUT2D eigenvalue weighted by Crippen LogP contribution is -3.00. The van der Waals surface area contributed by atoms with Crippen LogP contribution < -0.4 is 38.3 Å². The SMILES string of the molecule is ClC(=C\C=C1N(c2ccccc2)c2cc3ccccc3cc2N1c1ccccc1)/C=C/c1n(-c2ccccc2)c2cc3ccccc3cc2[n+]1-c1ccccc1.[I-]. The van der Waals surface area contributed by atoms with E-state index >= 15 is 0 Å². The number of anilines is 4. The summed E-state index contributed by atoms with van der Waals surface area (Å²) in [5.74, 6) is 1.95. The lowest BCUT2D eigenvalue weighted by Gasteiger charge is -2.25. The van der Waals surface area contributed by atoms with Crippen LogP contribution in [0, 0.1) is 0 Å². The molecule has 4 nitrogen and oxygen atoms in total. The van der Waals surface area contributed by atoms with Crippen molar-refractivity contribution in [2.45, 2.75) is 0 Å². The number of para-hydroxylation sites is 4. The summed E-state index contributed by atoms with van der Waals surface area (Å²) in [5, 5.41) is 5.34. The lowest BCUT2D eigenvalue weighted by molar-refractivity contribution is -0.570. The lowest BCUT2D eigenvalue weighted by atomic mass is 10.1. The number of hydrogen-bond donors (Lipinski definition) is 0. The maximum atomic E-state index is 7.25. The fourth-order valence-electron chi connectivity index (χ4n) is 7.90. The van der Waals surface area contributed by atoms with Crippen LogP contribution in [0.5, 0.6) is 0 Å². The Balaban J connectivity index is 0.00000422. The van der Waals surface area contributed by atoms with Gasteiger partial charge in [0.15, 0.2) is 11.0 Å². The number of hydrogen-bond acceptors (Lipinski definition) is 2. The summed E-state index contributed by atoms with van der Waals surface area (Å²) in [6, 6.07) is 68.3. The number of nitrogens with zero attached hydrogens (tertiary/aromatic N) is 4. The third kappa shape index (κ3) is 6.69. The van der Waals surface area contributed by atoms with Crippen LogP contribution in [0.25, 0.3) is 50.0 Å². The molecule has 0 radical (unpaired) electrons. The zero-order valence-electron chi connectivity index (χ0n) is 30.8. The molecule has 10 rings (SSSR count). The van der Waals surface area contributed by atoms with Gasteiger partial charge >= 0.3 is 0 Å². The molecule has 2 heterocycles. The van der Waals surface area contributed by atoms with Gasteiger partial charge in [0.05, 0.1) is 11.4 Å². The Kier molecular flexibility index (Phi) is 9.93. The highest BCUT2D eigenvalue weighted by molar-refractivity contribution is 6.31. The highest BCUT2D eigenvalue weighted by Gasteiger charge is 2.34. The molecule has 9 aromatic rings. The summed E-state index contributed by atoms with van der Waals surface area (Å²) >= 11 is 7.25. The van der Waals surface area contributed by atoms with Crippen molar-refractivity contribution in [3.05, 3.63) is 229 Å². The summed E-state index contributed by atoms with van der Waals surface area (Å²) in [6.45, 7) is 0. The number of fused-ring (bicyclic) bond motifs is 4. The van der Waals surface area contributed by atoms with Crippen molar-refractivity contribution < 1.29 is 28.5 Å². The molecular formula is C51H36ClIN4. The molecule has 0 N–H and O–H groups in total. The van der Waals surface area contributed by atoms with Gasteiger partial charge in [-0.3, -0.25) is 9.80 Å². The van der Waals surface area contributed by atoms with Crippen molar-refractivity contribution >= 4 is 73.0 Å². The topological polar surface area (TPSA) is 15.3 Å². The van der Waals surface area contributed by atoms with Crippen LogP contribution in [0.1, 0.15) is 5.82 Å². The molecule has 57 heavy (non-hydrogen) atoms. The van der Waals surface area contributed by atoms with E-state index in [9.17, 15) is 0 Å². The third-order valence-electron chi connectivity index (χ3n) is 10.4. The predicted molar refractivity (Wildman–Crippen MR) is 234 cm³/mol. The Morgan fingerprint density at radius 2 is 0.930 bits per heavy atom. The van der Waals surface area contributed by atoms with Gasteiger partial charge < -0.3 is 24.0 Å². The van der Waals surface area contributed by atoms with Crippen LogP contribution in [0.2, 0.25) is 0 Å². The number of halogens is 2. The van der Waals surface area contributed by atoms with Gasteiger partial charge in [-0.2, -0.15) is 9.13 Å². The van der Waals surface area contributed by atoms with E-state index < -0.39 is 0 Å². The van der Waals surface area contributed by atoms with E-state index in [0.29, 0.717) is 5.03 Å². The summed E-state index contributed by atoms with van der Waals surface area (Å²) in [5.41, 5.74) is 8.69. The summed E-state index contributed by atoms with van der Waals surface area (Å²) < 4.78 is 4.64. The molecule has 1 aromatic heterocycles. The van der Waals surface area contributed by atoms with E-state index in [0.717, 1.165) is 56.8 Å². The van der Waals surface area contributed by atoms with Crippen LogP contribution in [0.4, 0.5) is 22.7 Å². The molecular weight excluding hydrogens is 831 g/mol. The second kappa shape index (κ2) is 15.6. The Morgan fingerprint density at radius 3 is 1.46 bits per heavy atom. The second-order valence-electron chi connectivity index (χ2n) is 13.8. The monoisotopic (exact) mass is 866 g/mol. The molecule has 0 atom stereocenters. The Morgan fingerprint density at radius 1 is 0.491 bits per heavy atom. The highest BCUT2D eigenvalue weighted by atomic mass is 127. The molecule has 0 aliphatic carbocycles. The first-order valence-corrected chi connectivity index (χ1v) is 19.2. The van der Waals surface area contributed by atoms with Crippen LogP contribution in [0.3, 0.4) is 0 Å². The van der Waals surface area contributed by atoms with E-state index in [4.69, 9.17) is 11.6 Å². The summed E-state index contributed by atoms with van der Waals surface area (Å²) in [6.07, 6.45) is 8.26. The quantitative estimate of drug-likeness (QED) is 0.0901. The minimum absolute atomic E-state index is 0. The highest BCUT2D eigenvalue weighted by Crippen LogP contribution is 2.51. The fourth-order valence-corrected chi connectivity index (χ4v) is 8.02. The third-order valence-corrected chi connectivity index (χ3v) is 10.7. The molecule has 0 unspecified atom stereocenters. The summed E-state index contributed by atoms with van der Waals surface area (Å²) in [7, 11) is 0. The van der Waals surface area contributed by atoms with Crippen molar-refractivity contribution in [1.82, 2.24) is 4.57 Å². The molecule has 0 saturated heterocycles. The zero-order valence-corrected chi connectivity index (χ0v) is 33.7. The Hall–Kier alpha value is -6.41. The molecule has 6 heteroatoms. The van der Waals surface area contributed by atoms with E-state index in [1.165, 1.54) is 21.5 Å². The summed E-state index contributed by atoms with van der Waals surface area (Å²) in [4.78, 5) is 4.64. The average Bonchev–Trinajstić information content (AvgIpc) is 3.75. The van der Waals surface area contributed by atoms with Crippen LogP contribution in [0.15, 0.2) is 223 Å². The molecule has 0 fully saturated rings. The van der Waals surface area contributed by atoms with Gasteiger partial charge in [0.25, 0.3) is 5.82 Å². The van der Waals surface area contributed by atoms with Crippen LogP contribution in [-0.4, -0.2) is 4.57 Å². The number of aromatic nitrogens is 2. The normalized spacial score (nSPS) is 12.8. The van der Waals surface area contributed by atoms with Gasteiger partial charge in [0, 0.05) is 22.5 Å². The second-order valence-corrected chi connectivity index (χ2v) is 14.3. The van der Waals surface area contributed by atoms with Gasteiger partial charge in [0.2, 0.25) is 0 Å². The minimum atomic E-state index is 0. The van der Waals surface area contributed by atoms with Crippen molar-refractivity contribution in [3.63, 3.8) is 0 Å². The van der Waals surface area contributed by atoms with Gasteiger partial charge in [-0.25, -0.2) is 0 Å². The largest absolute Gasteiger partial charge is 1.00 e. The van der Waals surface area contributed by atoms with E-state index in [2.05, 4.69) is 225 Å². The van der Waals surface area contributed by atoms with Crippen molar-refractivity contribution in [3.8, 4) is 11.4 Å². The zero-order chi connectivity index (χ0) is 37.4. The van der Waals surface area contributed by atoms with Crippen molar-refractivity contribution in [1.29, 1.82) is 0 Å². The molecule has 1 aliphatic rings. The van der Waals surface area contributed by atoms with Gasteiger partial charge in [0.1, 0.15) is 17.2 Å². The smallest absolute Gasteiger partial charge is 0.292 e. The van der Waals surface area contributed by atoms with Crippen molar-refractivity contribution in [2.24, 2.45) is 0 Å². The number of allylic oxidation sites excluding steroid dienone is 4. The first kappa shape index (κ1) is 36.2. The molecule has 8 aromatic carbocycles. The van der Waals surface area contributed by atoms with Gasteiger partial charge in [-0.1, -0.05) is 133 Å². The Bertz CT molecular complexity index is 2790. The van der Waals surface area contributed by atoms with Gasteiger partial charge in [-0.15, -0.1) is 0 Å². The molecule has 0 saturated carbocycles. The van der Waals surface area contributed by atoms with Gasteiger partial charge in [-0.05, 0) is 113 Å². The van der Waals surface area contributed by atoms with Crippen LogP contribution >= 0.6 is 11.6 Å². The minimum Gasteiger partial charge on any atom is -1.00 e. The predicted octanol–water partition coefficient (Wildman–Crippen LogP) is 10.2. The number of rotatable bonds is 7. The molecule has 0 spiro atoms. The maximum absolute atomic E-state index is 7.25. The van der Waals surface area contributed by atoms with Crippen molar-refractivity contribution in [2.75, 3.05) is 9.80 Å². The number of imidazole rings is 1. The first-order chi connectivity index (χ1) is 27.7. The molecule has 0 amide bonds. The molecule has 0 bridgehead atoms. The van der Waals surface area contributed by atoms with E-state index in [1.54, 1.807) is 0 Å². The Labute approximate surface area is 354 Å². The first-order valence-electron chi connectivity index (χ1n) is 18.8. The maximum Gasteiger partial charge on any atom is 0.292 e. The molecule has 274 valence electrons. The van der Waals surface area contributed by atoms with E-state index in [1.807, 2.05) is 12.2 Å². The molecule has 1 aliphatic heterocycles. The average molecular weight is 867 g/mol. The fraction of sp³-hybridized carbons (Fsp3) is 0. The standard InChI is InChI=1S/C51H36ClN4.HI/c52-41(29-31-50-53(42-21-5-1-6-22-42)46-33-37-17-13-14-18-38(37)34-47(46)54(50)43-23-7-2-8-24-43)30-32-51-55(44-25-9-3-10-26-44)48-35-39-19-15-16-20-40(39)36-49(48)56(51)45-27-11-4-12-28-45;/h1-36H;1H/q+1;/p-1. The van der Waals surface area contributed by atoms with Crippen LogP contribution in [-0.2, 0) is 0 Å². The van der Waals surface area contributed by atoms with E-state index in [-0.39, 0.29) is 24.0 Å².